The lowest BCUT2D eigenvalue weighted by Gasteiger charge is -2.20. The molecular formula is C13H14FN3. The van der Waals surface area contributed by atoms with Crippen molar-refractivity contribution in [3.63, 3.8) is 0 Å². The Kier molecular flexibility index (Phi) is 3.61. The molecule has 0 aromatic heterocycles. The molecule has 0 spiro atoms. The van der Waals surface area contributed by atoms with Crippen LogP contribution in [0.5, 0.6) is 0 Å². The van der Waals surface area contributed by atoms with Crippen LogP contribution in [0.15, 0.2) is 29.3 Å². The van der Waals surface area contributed by atoms with E-state index in [0.717, 1.165) is 25.1 Å². The van der Waals surface area contributed by atoms with Crippen LogP contribution in [-0.2, 0) is 0 Å². The van der Waals surface area contributed by atoms with E-state index in [0.29, 0.717) is 5.96 Å². The maximum absolute atomic E-state index is 12.8. The van der Waals surface area contributed by atoms with E-state index >= 15 is 0 Å². The van der Waals surface area contributed by atoms with Crippen LogP contribution in [-0.4, -0.2) is 19.0 Å². The summed E-state index contributed by atoms with van der Waals surface area (Å²) in [6.07, 6.45) is 6.50. The third-order valence-corrected chi connectivity index (χ3v) is 2.55. The third-order valence-electron chi connectivity index (χ3n) is 2.55. The van der Waals surface area contributed by atoms with Crippen molar-refractivity contribution in [3.05, 3.63) is 35.6 Å². The van der Waals surface area contributed by atoms with Crippen LogP contribution in [0.3, 0.4) is 0 Å². The number of halogens is 1. The summed E-state index contributed by atoms with van der Waals surface area (Å²) < 4.78 is 12.8. The maximum atomic E-state index is 12.8. The molecule has 1 aromatic rings. The molecule has 0 fully saturated rings. The summed E-state index contributed by atoms with van der Waals surface area (Å²) >= 11 is 0. The van der Waals surface area contributed by atoms with Gasteiger partial charge in [-0.25, -0.2) is 4.39 Å². The smallest absolute Gasteiger partial charge is 0.192 e. The van der Waals surface area contributed by atoms with Crippen LogP contribution in [0.4, 0.5) is 4.39 Å². The topological polar surface area (TPSA) is 36.4 Å². The minimum Gasteiger partial charge on any atom is -0.356 e. The van der Waals surface area contributed by atoms with E-state index < -0.39 is 0 Å². The largest absolute Gasteiger partial charge is 0.356 e. The summed E-state index contributed by atoms with van der Waals surface area (Å²) in [7, 11) is 0. The van der Waals surface area contributed by atoms with Gasteiger partial charge < -0.3 is 10.6 Å². The molecule has 0 aliphatic carbocycles. The summed E-state index contributed by atoms with van der Waals surface area (Å²) in [4.78, 5) is 4.29. The highest BCUT2D eigenvalue weighted by molar-refractivity contribution is 5.81. The average molecular weight is 231 g/mol. The average Bonchev–Trinajstić information content (AvgIpc) is 2.38. The van der Waals surface area contributed by atoms with Gasteiger partial charge in [-0.3, -0.25) is 4.99 Å². The molecule has 0 radical (unpaired) electrons. The van der Waals surface area contributed by atoms with Gasteiger partial charge in [0.2, 0.25) is 0 Å². The molecular weight excluding hydrogens is 217 g/mol. The predicted octanol–water partition coefficient (Wildman–Crippen LogP) is 1.44. The zero-order chi connectivity index (χ0) is 12.1. The summed E-state index contributed by atoms with van der Waals surface area (Å²) in [6, 6.07) is 5.86. The fraction of sp³-hybridized carbons (Fsp3) is 0.308. The molecule has 3 nitrogen and oxygen atoms in total. The number of nitrogens with one attached hydrogen (secondary N) is 2. The monoisotopic (exact) mass is 231 g/mol. The number of aliphatic imine (C=N–C) groups is 1. The Balaban J connectivity index is 2.09. The van der Waals surface area contributed by atoms with Crippen LogP contribution >= 0.6 is 0 Å². The maximum Gasteiger partial charge on any atom is 0.192 e. The summed E-state index contributed by atoms with van der Waals surface area (Å²) in [5.41, 5.74) is 0.851. The first kappa shape index (κ1) is 11.5. The van der Waals surface area contributed by atoms with Gasteiger partial charge in [0.1, 0.15) is 11.9 Å². The molecule has 1 aliphatic rings. The van der Waals surface area contributed by atoms with Gasteiger partial charge in [-0.15, -0.1) is 6.42 Å². The molecule has 2 N–H and O–H groups in total. The van der Waals surface area contributed by atoms with Crippen molar-refractivity contribution in [2.45, 2.75) is 12.5 Å². The van der Waals surface area contributed by atoms with Gasteiger partial charge >= 0.3 is 0 Å². The molecule has 2 rings (SSSR count). The van der Waals surface area contributed by atoms with Crippen molar-refractivity contribution < 1.29 is 4.39 Å². The molecule has 0 saturated carbocycles. The Morgan fingerprint density at radius 3 is 2.76 bits per heavy atom. The first-order chi connectivity index (χ1) is 8.29. The number of guanidine groups is 1. The Morgan fingerprint density at radius 2 is 2.18 bits per heavy atom. The quantitative estimate of drug-likeness (QED) is 0.756. The summed E-state index contributed by atoms with van der Waals surface area (Å²) in [5, 5.41) is 6.26. The fourth-order valence-electron chi connectivity index (χ4n) is 1.64. The van der Waals surface area contributed by atoms with Crippen molar-refractivity contribution in [2.75, 3.05) is 13.1 Å². The lowest BCUT2D eigenvalue weighted by molar-refractivity contribution is 0.625. The lowest BCUT2D eigenvalue weighted by Crippen LogP contribution is -2.42. The van der Waals surface area contributed by atoms with E-state index in [1.807, 2.05) is 0 Å². The predicted molar refractivity (Wildman–Crippen MR) is 66.0 cm³/mol. The molecule has 1 aromatic carbocycles. The zero-order valence-corrected chi connectivity index (χ0v) is 9.41. The highest BCUT2D eigenvalue weighted by Gasteiger charge is 2.11. The van der Waals surface area contributed by atoms with Crippen LogP contribution in [0, 0.1) is 18.2 Å². The van der Waals surface area contributed by atoms with Gasteiger partial charge in [0, 0.05) is 13.1 Å². The Bertz CT molecular complexity index is 445. The standard InChI is InChI=1S/C13H14FN3/c1-2-12(10-4-6-11(14)7-5-10)17-13-15-8-3-9-16-13/h1,4-7,12H,3,8-9H2,(H2,15,16,17). The van der Waals surface area contributed by atoms with Gasteiger partial charge in [-0.2, -0.15) is 0 Å². The van der Waals surface area contributed by atoms with E-state index in [1.165, 1.54) is 12.1 Å². The summed E-state index contributed by atoms with van der Waals surface area (Å²) in [5.74, 6) is 3.08. The molecule has 88 valence electrons. The molecule has 1 heterocycles. The van der Waals surface area contributed by atoms with Gasteiger partial charge in [0.15, 0.2) is 5.96 Å². The van der Waals surface area contributed by atoms with Crippen LogP contribution in [0.25, 0.3) is 0 Å². The van der Waals surface area contributed by atoms with Crippen molar-refractivity contribution in [3.8, 4) is 12.3 Å². The molecule has 17 heavy (non-hydrogen) atoms. The van der Waals surface area contributed by atoms with Gasteiger partial charge in [0.05, 0.1) is 0 Å². The van der Waals surface area contributed by atoms with E-state index in [9.17, 15) is 4.39 Å². The molecule has 0 amide bonds. The number of hydrogen-bond acceptors (Lipinski definition) is 3. The Hall–Kier alpha value is -2.02. The number of terminal acetylenes is 1. The SMILES string of the molecule is C#CC(NC1=NCCCN1)c1ccc(F)cc1. The van der Waals surface area contributed by atoms with Gasteiger partial charge in [-0.05, 0) is 24.1 Å². The van der Waals surface area contributed by atoms with Crippen LogP contribution < -0.4 is 10.6 Å². The van der Waals surface area contributed by atoms with Crippen molar-refractivity contribution in [1.82, 2.24) is 10.6 Å². The first-order valence-corrected chi connectivity index (χ1v) is 5.56. The van der Waals surface area contributed by atoms with Crippen molar-refractivity contribution in [1.29, 1.82) is 0 Å². The summed E-state index contributed by atoms with van der Waals surface area (Å²) in [6.45, 7) is 1.70. The van der Waals surface area contributed by atoms with Crippen LogP contribution in [0.1, 0.15) is 18.0 Å². The van der Waals surface area contributed by atoms with Gasteiger partial charge in [-0.1, -0.05) is 18.1 Å². The number of benzene rings is 1. The molecule has 1 atom stereocenters. The second kappa shape index (κ2) is 5.35. The highest BCUT2D eigenvalue weighted by Crippen LogP contribution is 2.12. The first-order valence-electron chi connectivity index (χ1n) is 5.56. The minimum atomic E-state index is -0.292. The van der Waals surface area contributed by atoms with E-state index in [-0.39, 0.29) is 11.9 Å². The van der Waals surface area contributed by atoms with E-state index in [1.54, 1.807) is 12.1 Å². The molecule has 0 bridgehead atoms. The number of hydrogen-bond donors (Lipinski definition) is 2. The molecule has 1 unspecified atom stereocenters. The van der Waals surface area contributed by atoms with E-state index in [4.69, 9.17) is 6.42 Å². The Labute approximate surface area is 100 Å². The second-order valence-corrected chi connectivity index (χ2v) is 3.81. The normalized spacial score (nSPS) is 16.4. The zero-order valence-electron chi connectivity index (χ0n) is 9.41. The molecule has 0 saturated heterocycles. The lowest BCUT2D eigenvalue weighted by atomic mass is 10.1. The van der Waals surface area contributed by atoms with Crippen LogP contribution in [0.2, 0.25) is 0 Å². The number of nitrogens with zero attached hydrogens (tertiary/aromatic N) is 1. The fourth-order valence-corrected chi connectivity index (χ4v) is 1.64. The second-order valence-electron chi connectivity index (χ2n) is 3.81. The van der Waals surface area contributed by atoms with Crippen molar-refractivity contribution in [2.24, 2.45) is 4.99 Å². The van der Waals surface area contributed by atoms with Crippen molar-refractivity contribution >= 4 is 5.96 Å². The Morgan fingerprint density at radius 1 is 1.41 bits per heavy atom. The minimum absolute atomic E-state index is 0.266. The van der Waals surface area contributed by atoms with Gasteiger partial charge in [0.25, 0.3) is 0 Å². The highest BCUT2D eigenvalue weighted by atomic mass is 19.1. The third kappa shape index (κ3) is 2.97. The molecule has 1 aliphatic heterocycles. The molecule has 4 heteroatoms. The van der Waals surface area contributed by atoms with E-state index in [2.05, 4.69) is 21.5 Å². The number of rotatable bonds is 2.